The van der Waals surface area contributed by atoms with E-state index in [1.54, 1.807) is 11.3 Å². The molecule has 2 aromatic carbocycles. The zero-order valence-corrected chi connectivity index (χ0v) is 14.1. The summed E-state index contributed by atoms with van der Waals surface area (Å²) >= 11 is 1.67. The van der Waals surface area contributed by atoms with Crippen molar-refractivity contribution in [2.75, 3.05) is 5.32 Å². The Labute approximate surface area is 135 Å². The number of anilines is 2. The van der Waals surface area contributed by atoms with Crippen LogP contribution in [0.4, 0.5) is 10.8 Å². The lowest BCUT2D eigenvalue weighted by Crippen LogP contribution is -2.07. The molecule has 0 unspecified atom stereocenters. The van der Waals surface area contributed by atoms with Crippen LogP contribution in [0.25, 0.3) is 10.2 Å². The van der Waals surface area contributed by atoms with E-state index in [0.717, 1.165) is 27.6 Å². The zero-order chi connectivity index (χ0) is 15.7. The number of aromatic nitrogens is 1. The number of fused-ring (bicyclic) bond motifs is 1. The number of thiazole rings is 1. The number of benzene rings is 2. The molecule has 0 atom stereocenters. The van der Waals surface area contributed by atoms with Crippen LogP contribution in [-0.4, -0.2) is 11.1 Å². The summed E-state index contributed by atoms with van der Waals surface area (Å²) in [5, 5.41) is 4.26. The highest BCUT2D eigenvalue weighted by molar-refractivity contribution is 7.22. The van der Waals surface area contributed by atoms with Gasteiger partial charge < -0.3 is 10.1 Å². The number of nitrogens with zero attached hydrogens (tertiary/aromatic N) is 1. The van der Waals surface area contributed by atoms with Crippen molar-refractivity contribution in [3.8, 4) is 5.75 Å². The Hall–Kier alpha value is -2.07. The smallest absolute Gasteiger partial charge is 0.188 e. The first-order valence-corrected chi connectivity index (χ1v) is 8.25. The maximum absolute atomic E-state index is 5.99. The first-order valence-electron chi connectivity index (χ1n) is 7.44. The van der Waals surface area contributed by atoms with Gasteiger partial charge in [0.05, 0.1) is 10.8 Å². The van der Waals surface area contributed by atoms with E-state index in [1.165, 1.54) is 10.3 Å². The Balaban J connectivity index is 2.06. The van der Waals surface area contributed by atoms with Crippen molar-refractivity contribution < 1.29 is 4.74 Å². The van der Waals surface area contributed by atoms with Gasteiger partial charge in [-0.05, 0) is 51.0 Å². The molecule has 1 heterocycles. The second-order valence-electron chi connectivity index (χ2n) is 5.69. The summed E-state index contributed by atoms with van der Waals surface area (Å²) in [7, 11) is 0. The predicted octanol–water partition coefficient (Wildman–Crippen LogP) is 5.44. The van der Waals surface area contributed by atoms with Crippen molar-refractivity contribution in [3.05, 3.63) is 47.5 Å². The minimum Gasteiger partial charge on any atom is -0.488 e. The van der Waals surface area contributed by atoms with Crippen LogP contribution < -0.4 is 10.1 Å². The molecule has 0 fully saturated rings. The summed E-state index contributed by atoms with van der Waals surface area (Å²) < 4.78 is 7.17. The molecule has 0 aliphatic carbocycles. The predicted molar refractivity (Wildman–Crippen MR) is 94.6 cm³/mol. The molecule has 3 aromatic rings. The van der Waals surface area contributed by atoms with Crippen LogP contribution in [0.5, 0.6) is 5.75 Å². The Bertz CT molecular complexity index is 794. The maximum Gasteiger partial charge on any atom is 0.188 e. The topological polar surface area (TPSA) is 34.2 Å². The lowest BCUT2D eigenvalue weighted by molar-refractivity contribution is 0.243. The van der Waals surface area contributed by atoms with Gasteiger partial charge in [-0.3, -0.25) is 0 Å². The minimum absolute atomic E-state index is 0.136. The summed E-state index contributed by atoms with van der Waals surface area (Å²) in [6, 6.07) is 12.3. The molecule has 3 rings (SSSR count). The van der Waals surface area contributed by atoms with Gasteiger partial charge in [-0.1, -0.05) is 35.6 Å². The van der Waals surface area contributed by atoms with Gasteiger partial charge in [0.1, 0.15) is 11.3 Å². The SMILES string of the molecule is Cc1cc(C)c2sc(Nc3ccccc3)nc2c1OC(C)C. The molecule has 4 heteroatoms. The van der Waals surface area contributed by atoms with E-state index in [4.69, 9.17) is 9.72 Å². The van der Waals surface area contributed by atoms with E-state index in [2.05, 4.69) is 25.2 Å². The van der Waals surface area contributed by atoms with Gasteiger partial charge in [-0.2, -0.15) is 0 Å². The van der Waals surface area contributed by atoms with Crippen molar-refractivity contribution in [3.63, 3.8) is 0 Å². The Morgan fingerprint density at radius 1 is 1.09 bits per heavy atom. The number of rotatable bonds is 4. The van der Waals surface area contributed by atoms with Crippen LogP contribution in [0.15, 0.2) is 36.4 Å². The molecule has 114 valence electrons. The summed E-state index contributed by atoms with van der Waals surface area (Å²) in [6.07, 6.45) is 0.136. The standard InChI is InChI=1S/C18H20N2OS/c1-11(2)21-16-12(3)10-13(4)17-15(16)20-18(22-17)19-14-8-6-5-7-9-14/h5-11H,1-4H3,(H,19,20). The molecular weight excluding hydrogens is 292 g/mol. The Morgan fingerprint density at radius 3 is 2.50 bits per heavy atom. The molecule has 3 nitrogen and oxygen atoms in total. The van der Waals surface area contributed by atoms with E-state index in [0.29, 0.717) is 0 Å². The van der Waals surface area contributed by atoms with E-state index in [9.17, 15) is 0 Å². The van der Waals surface area contributed by atoms with E-state index in [1.807, 2.05) is 44.2 Å². The number of nitrogens with one attached hydrogen (secondary N) is 1. The molecule has 0 radical (unpaired) electrons. The summed E-state index contributed by atoms with van der Waals surface area (Å²) in [5.74, 6) is 0.896. The van der Waals surface area contributed by atoms with E-state index < -0.39 is 0 Å². The van der Waals surface area contributed by atoms with Gasteiger partial charge in [0.2, 0.25) is 0 Å². The summed E-state index contributed by atoms with van der Waals surface area (Å²) in [6.45, 7) is 8.29. The Morgan fingerprint density at radius 2 is 1.82 bits per heavy atom. The first-order chi connectivity index (χ1) is 10.5. The van der Waals surface area contributed by atoms with E-state index >= 15 is 0 Å². The van der Waals surface area contributed by atoms with Gasteiger partial charge in [-0.25, -0.2) is 4.98 Å². The fraction of sp³-hybridized carbons (Fsp3) is 0.278. The highest BCUT2D eigenvalue weighted by atomic mass is 32.1. The number of para-hydroxylation sites is 1. The lowest BCUT2D eigenvalue weighted by atomic mass is 10.1. The van der Waals surface area contributed by atoms with Gasteiger partial charge in [0.15, 0.2) is 5.13 Å². The molecular formula is C18H20N2OS. The maximum atomic E-state index is 5.99. The van der Waals surface area contributed by atoms with Crippen molar-refractivity contribution in [2.45, 2.75) is 33.8 Å². The molecule has 1 aromatic heterocycles. The van der Waals surface area contributed by atoms with Gasteiger partial charge in [-0.15, -0.1) is 0 Å². The third kappa shape index (κ3) is 2.92. The highest BCUT2D eigenvalue weighted by Gasteiger charge is 2.15. The lowest BCUT2D eigenvalue weighted by Gasteiger charge is -2.13. The van der Waals surface area contributed by atoms with Crippen molar-refractivity contribution in [2.24, 2.45) is 0 Å². The molecule has 0 aliphatic rings. The van der Waals surface area contributed by atoms with Crippen LogP contribution in [0, 0.1) is 13.8 Å². The molecule has 0 amide bonds. The van der Waals surface area contributed by atoms with Gasteiger partial charge in [0.25, 0.3) is 0 Å². The number of aryl methyl sites for hydroxylation is 2. The number of hydrogen-bond acceptors (Lipinski definition) is 4. The zero-order valence-electron chi connectivity index (χ0n) is 13.3. The number of ether oxygens (including phenoxy) is 1. The fourth-order valence-electron chi connectivity index (χ4n) is 2.47. The fourth-order valence-corrected chi connectivity index (χ4v) is 3.42. The minimum atomic E-state index is 0.136. The average Bonchev–Trinajstić information content (AvgIpc) is 2.88. The Kier molecular flexibility index (Phi) is 4.03. The molecule has 0 spiro atoms. The quantitative estimate of drug-likeness (QED) is 0.696. The molecule has 1 N–H and O–H groups in total. The third-order valence-electron chi connectivity index (χ3n) is 3.37. The average molecular weight is 312 g/mol. The van der Waals surface area contributed by atoms with Gasteiger partial charge >= 0.3 is 0 Å². The highest BCUT2D eigenvalue weighted by Crippen LogP contribution is 2.38. The summed E-state index contributed by atoms with van der Waals surface area (Å²) in [4.78, 5) is 4.77. The molecule has 22 heavy (non-hydrogen) atoms. The second-order valence-corrected chi connectivity index (χ2v) is 6.69. The van der Waals surface area contributed by atoms with Crippen molar-refractivity contribution in [1.29, 1.82) is 0 Å². The van der Waals surface area contributed by atoms with Crippen LogP contribution >= 0.6 is 11.3 Å². The van der Waals surface area contributed by atoms with Crippen molar-refractivity contribution in [1.82, 2.24) is 4.98 Å². The van der Waals surface area contributed by atoms with Crippen LogP contribution in [0.1, 0.15) is 25.0 Å². The first kappa shape index (κ1) is 14.9. The van der Waals surface area contributed by atoms with Crippen LogP contribution in [0.3, 0.4) is 0 Å². The van der Waals surface area contributed by atoms with Crippen molar-refractivity contribution >= 4 is 32.4 Å². The molecule has 0 aliphatic heterocycles. The second kappa shape index (κ2) is 5.97. The normalized spacial score (nSPS) is 11.1. The molecule has 0 bridgehead atoms. The van der Waals surface area contributed by atoms with Crippen LogP contribution in [0.2, 0.25) is 0 Å². The van der Waals surface area contributed by atoms with E-state index in [-0.39, 0.29) is 6.10 Å². The number of hydrogen-bond donors (Lipinski definition) is 1. The monoisotopic (exact) mass is 312 g/mol. The van der Waals surface area contributed by atoms with Gasteiger partial charge in [0, 0.05) is 5.69 Å². The molecule has 0 saturated heterocycles. The third-order valence-corrected chi connectivity index (χ3v) is 4.48. The summed E-state index contributed by atoms with van der Waals surface area (Å²) in [5.41, 5.74) is 4.37. The van der Waals surface area contributed by atoms with Crippen LogP contribution in [-0.2, 0) is 0 Å². The molecule has 0 saturated carbocycles. The largest absolute Gasteiger partial charge is 0.488 e.